The van der Waals surface area contributed by atoms with Crippen LogP contribution in [0.2, 0.25) is 0 Å². The number of Topliss-reactive ketones (excluding diaryl/α,β-unsaturated/α-hetero) is 1. The van der Waals surface area contributed by atoms with Crippen LogP contribution < -0.4 is 0 Å². The molecule has 1 heterocycles. The third-order valence-corrected chi connectivity index (χ3v) is 6.09. The number of ketones is 1. The van der Waals surface area contributed by atoms with Gasteiger partial charge in [0.25, 0.3) is 5.69 Å². The molecular weight excluding hydrogens is 364 g/mol. The van der Waals surface area contributed by atoms with E-state index in [1.165, 1.54) is 12.5 Å². The number of benzene rings is 2. The number of carbonyl (C=O) groups is 1. The summed E-state index contributed by atoms with van der Waals surface area (Å²) in [5.41, 5.74) is 3.10. The van der Waals surface area contributed by atoms with E-state index in [0.29, 0.717) is 0 Å². The molecule has 0 aromatic heterocycles. The second-order valence-electron chi connectivity index (χ2n) is 8.55. The maximum atomic E-state index is 13.6. The first-order valence-electron chi connectivity index (χ1n) is 10.2. The number of likely N-dealkylation sites (tertiary alicyclic amines) is 1. The van der Waals surface area contributed by atoms with Crippen LogP contribution in [0.4, 0.5) is 5.69 Å². The van der Waals surface area contributed by atoms with E-state index in [2.05, 4.69) is 24.8 Å². The summed E-state index contributed by atoms with van der Waals surface area (Å²) < 4.78 is 0. The molecule has 2 aromatic rings. The summed E-state index contributed by atoms with van der Waals surface area (Å²) >= 11 is 0. The van der Waals surface area contributed by atoms with Gasteiger partial charge in [-0.15, -0.1) is 0 Å². The number of piperidine rings is 1. The van der Waals surface area contributed by atoms with Crippen molar-refractivity contribution in [3.05, 3.63) is 87.0 Å². The largest absolute Gasteiger partial charge is 0.292 e. The highest BCUT2D eigenvalue weighted by atomic mass is 16.6. The van der Waals surface area contributed by atoms with E-state index in [1.54, 1.807) is 12.1 Å². The van der Waals surface area contributed by atoms with Crippen molar-refractivity contribution in [1.82, 2.24) is 4.90 Å². The smallest absolute Gasteiger partial charge is 0.269 e. The first kappa shape index (κ1) is 19.5. The molecular formula is C24H26N2O3. The molecule has 1 atom stereocenters. The summed E-state index contributed by atoms with van der Waals surface area (Å²) in [6.07, 6.45) is 5.41. The molecule has 2 aliphatic rings. The van der Waals surface area contributed by atoms with E-state index < -0.39 is 0 Å². The lowest BCUT2D eigenvalue weighted by Gasteiger charge is -2.39. The van der Waals surface area contributed by atoms with Crippen molar-refractivity contribution in [2.45, 2.75) is 44.6 Å². The maximum absolute atomic E-state index is 13.6. The number of nitro groups is 1. The fourth-order valence-corrected chi connectivity index (χ4v) is 4.71. The molecule has 5 heteroatoms. The van der Waals surface area contributed by atoms with E-state index in [1.807, 2.05) is 30.3 Å². The van der Waals surface area contributed by atoms with E-state index in [-0.39, 0.29) is 27.9 Å². The van der Waals surface area contributed by atoms with Crippen molar-refractivity contribution >= 4 is 11.5 Å². The van der Waals surface area contributed by atoms with Crippen LogP contribution in [0.3, 0.4) is 0 Å². The number of nitrogens with zero attached hydrogens (tertiary/aromatic N) is 2. The van der Waals surface area contributed by atoms with Crippen LogP contribution in [0.25, 0.3) is 0 Å². The van der Waals surface area contributed by atoms with Gasteiger partial charge in [0.2, 0.25) is 0 Å². The number of carbonyl (C=O) groups excluding carboxylic acids is 1. The van der Waals surface area contributed by atoms with Crippen molar-refractivity contribution in [3.63, 3.8) is 0 Å². The van der Waals surface area contributed by atoms with Gasteiger partial charge in [0.1, 0.15) is 0 Å². The minimum Gasteiger partial charge on any atom is -0.292 e. The average Bonchev–Trinajstić information content (AvgIpc) is 2.73. The summed E-state index contributed by atoms with van der Waals surface area (Å²) in [7, 11) is 0. The summed E-state index contributed by atoms with van der Waals surface area (Å²) in [4.78, 5) is 26.9. The molecule has 5 nitrogen and oxygen atoms in total. The zero-order valence-corrected chi connectivity index (χ0v) is 16.9. The van der Waals surface area contributed by atoms with Crippen molar-refractivity contribution in [2.75, 3.05) is 13.1 Å². The van der Waals surface area contributed by atoms with Crippen molar-refractivity contribution in [2.24, 2.45) is 0 Å². The number of nitro benzene ring substituents is 1. The summed E-state index contributed by atoms with van der Waals surface area (Å²) in [6.45, 7) is 6.03. The zero-order chi connectivity index (χ0) is 20.6. The molecule has 150 valence electrons. The average molecular weight is 390 g/mol. The second-order valence-corrected chi connectivity index (χ2v) is 8.55. The molecule has 0 saturated carbocycles. The predicted octanol–water partition coefficient (Wildman–Crippen LogP) is 5.22. The van der Waals surface area contributed by atoms with E-state index >= 15 is 0 Å². The van der Waals surface area contributed by atoms with Crippen LogP contribution in [0, 0.1) is 10.1 Å². The minimum absolute atomic E-state index is 0.0296. The number of fused-ring (bicyclic) bond motifs is 1. The minimum atomic E-state index is -0.368. The molecule has 1 aliphatic carbocycles. The Morgan fingerprint density at radius 3 is 2.48 bits per heavy atom. The molecule has 0 amide bonds. The lowest BCUT2D eigenvalue weighted by molar-refractivity contribution is -0.384. The van der Waals surface area contributed by atoms with Gasteiger partial charge in [0, 0.05) is 28.7 Å². The quantitative estimate of drug-likeness (QED) is 0.530. The fraction of sp³-hybridized carbons (Fsp3) is 0.375. The van der Waals surface area contributed by atoms with Gasteiger partial charge in [0.05, 0.1) is 11.0 Å². The van der Waals surface area contributed by atoms with E-state index in [0.717, 1.165) is 48.2 Å². The Morgan fingerprint density at radius 2 is 1.76 bits per heavy atom. The number of rotatable bonds is 4. The Balaban J connectivity index is 1.86. The summed E-state index contributed by atoms with van der Waals surface area (Å²) in [5.74, 6) is 0.0296. The Kier molecular flexibility index (Phi) is 5.09. The molecule has 0 spiro atoms. The standard InChI is InChI=1S/C24H26N2O3/c1-24(2)16-20(23(27)19-11-4-5-12-21(19)24)22(25-13-6-3-7-14-25)17-9-8-10-18(15-17)26(28)29/h4-5,8-12,15-16,22H,3,6-7,13-14H2,1-2H3/t22-/m1/s1. The lowest BCUT2D eigenvalue weighted by Crippen LogP contribution is -2.38. The number of hydrogen-bond donors (Lipinski definition) is 0. The van der Waals surface area contributed by atoms with E-state index in [9.17, 15) is 14.9 Å². The number of allylic oxidation sites excluding steroid dienone is 1. The van der Waals surface area contributed by atoms with Gasteiger partial charge in [0.15, 0.2) is 5.78 Å². The predicted molar refractivity (Wildman–Crippen MR) is 113 cm³/mol. The molecule has 1 fully saturated rings. The monoisotopic (exact) mass is 390 g/mol. The summed E-state index contributed by atoms with van der Waals surface area (Å²) in [6, 6.07) is 14.3. The zero-order valence-electron chi connectivity index (χ0n) is 16.9. The van der Waals surface area contributed by atoms with Gasteiger partial charge < -0.3 is 0 Å². The van der Waals surface area contributed by atoms with Gasteiger partial charge in [-0.1, -0.05) is 62.7 Å². The molecule has 0 bridgehead atoms. The second kappa shape index (κ2) is 7.56. The van der Waals surface area contributed by atoms with Crippen LogP contribution in [-0.2, 0) is 5.41 Å². The van der Waals surface area contributed by atoms with Gasteiger partial charge in [-0.2, -0.15) is 0 Å². The molecule has 0 N–H and O–H groups in total. The van der Waals surface area contributed by atoms with Gasteiger partial charge in [-0.25, -0.2) is 0 Å². The van der Waals surface area contributed by atoms with Crippen LogP contribution in [0.1, 0.15) is 60.6 Å². The topological polar surface area (TPSA) is 63.5 Å². The van der Waals surface area contributed by atoms with Gasteiger partial charge in [-0.05, 0) is 37.1 Å². The molecule has 0 radical (unpaired) electrons. The first-order valence-corrected chi connectivity index (χ1v) is 10.2. The van der Waals surface area contributed by atoms with Crippen LogP contribution in [0.15, 0.2) is 60.2 Å². The highest BCUT2D eigenvalue weighted by molar-refractivity contribution is 6.12. The van der Waals surface area contributed by atoms with E-state index in [4.69, 9.17) is 0 Å². The van der Waals surface area contributed by atoms with Crippen molar-refractivity contribution in [1.29, 1.82) is 0 Å². The Bertz CT molecular complexity index is 987. The van der Waals surface area contributed by atoms with Gasteiger partial charge in [-0.3, -0.25) is 19.8 Å². The molecule has 1 saturated heterocycles. The van der Waals surface area contributed by atoms with Gasteiger partial charge >= 0.3 is 0 Å². The first-order chi connectivity index (χ1) is 13.9. The van der Waals surface area contributed by atoms with Crippen molar-refractivity contribution in [3.8, 4) is 0 Å². The Labute approximate surface area is 171 Å². The Morgan fingerprint density at radius 1 is 1.03 bits per heavy atom. The lowest BCUT2D eigenvalue weighted by atomic mass is 9.72. The molecule has 4 rings (SSSR count). The Hall–Kier alpha value is -2.79. The van der Waals surface area contributed by atoms with Crippen molar-refractivity contribution < 1.29 is 9.72 Å². The summed E-state index contributed by atoms with van der Waals surface area (Å²) in [5, 5.41) is 11.4. The number of non-ortho nitro benzene ring substituents is 1. The highest BCUT2D eigenvalue weighted by Crippen LogP contribution is 2.42. The molecule has 2 aromatic carbocycles. The molecule has 1 aliphatic heterocycles. The fourth-order valence-electron chi connectivity index (χ4n) is 4.71. The van der Waals surface area contributed by atoms with Crippen LogP contribution in [0.5, 0.6) is 0 Å². The highest BCUT2D eigenvalue weighted by Gasteiger charge is 2.38. The van der Waals surface area contributed by atoms with Crippen LogP contribution >= 0.6 is 0 Å². The third-order valence-electron chi connectivity index (χ3n) is 6.09. The number of hydrogen-bond acceptors (Lipinski definition) is 4. The molecule has 29 heavy (non-hydrogen) atoms. The SMILES string of the molecule is CC1(C)C=C([C@@H](c2cccc([N+](=O)[O-])c2)N2CCCCC2)C(=O)c2ccccc21. The normalized spacial score (nSPS) is 19.9. The maximum Gasteiger partial charge on any atom is 0.269 e. The van der Waals surface area contributed by atoms with Crippen LogP contribution in [-0.4, -0.2) is 28.7 Å². The third kappa shape index (κ3) is 3.62. The molecule has 0 unspecified atom stereocenters.